The van der Waals surface area contributed by atoms with E-state index in [4.69, 9.17) is 16.3 Å². The van der Waals surface area contributed by atoms with Crippen LogP contribution in [0.15, 0.2) is 36.5 Å². The summed E-state index contributed by atoms with van der Waals surface area (Å²) >= 11 is 5.73. The lowest BCUT2D eigenvalue weighted by molar-refractivity contribution is 0.0946. The van der Waals surface area contributed by atoms with Crippen molar-refractivity contribution in [2.24, 2.45) is 0 Å². The largest absolute Gasteiger partial charge is 0.481 e. The van der Waals surface area contributed by atoms with Gasteiger partial charge in [0.2, 0.25) is 5.88 Å². The molecule has 0 saturated heterocycles. The second kappa shape index (κ2) is 6.15. The number of hydrogen-bond donors (Lipinski definition) is 1. The van der Waals surface area contributed by atoms with Gasteiger partial charge in [-0.1, -0.05) is 17.7 Å². The monoisotopic (exact) mass is 277 g/mol. The van der Waals surface area contributed by atoms with Crippen molar-refractivity contribution in [2.75, 3.05) is 7.11 Å². The number of pyridine rings is 2. The summed E-state index contributed by atoms with van der Waals surface area (Å²) in [6, 6.07) is 8.46. The zero-order valence-electron chi connectivity index (χ0n) is 10.3. The molecule has 0 fully saturated rings. The second-order valence-corrected chi connectivity index (χ2v) is 4.12. The van der Waals surface area contributed by atoms with Crippen molar-refractivity contribution in [3.05, 3.63) is 52.9 Å². The van der Waals surface area contributed by atoms with Gasteiger partial charge in [-0.2, -0.15) is 0 Å². The van der Waals surface area contributed by atoms with E-state index in [9.17, 15) is 4.79 Å². The van der Waals surface area contributed by atoms with E-state index in [1.54, 1.807) is 43.6 Å². The van der Waals surface area contributed by atoms with Crippen LogP contribution >= 0.6 is 11.6 Å². The molecule has 0 unspecified atom stereocenters. The third-order valence-electron chi connectivity index (χ3n) is 2.41. The lowest BCUT2D eigenvalue weighted by Crippen LogP contribution is -2.23. The third kappa shape index (κ3) is 3.66. The van der Waals surface area contributed by atoms with Gasteiger partial charge < -0.3 is 10.1 Å². The van der Waals surface area contributed by atoms with Gasteiger partial charge in [0.25, 0.3) is 5.91 Å². The molecule has 0 radical (unpaired) electrons. The van der Waals surface area contributed by atoms with Gasteiger partial charge in [-0.15, -0.1) is 0 Å². The highest BCUT2D eigenvalue weighted by Gasteiger charge is 2.07. The summed E-state index contributed by atoms with van der Waals surface area (Å²) in [7, 11) is 1.54. The molecule has 0 aliphatic carbocycles. The van der Waals surface area contributed by atoms with E-state index in [1.807, 2.05) is 0 Å². The van der Waals surface area contributed by atoms with Gasteiger partial charge in [-0.05, 0) is 23.8 Å². The van der Waals surface area contributed by atoms with Crippen LogP contribution in [0.4, 0.5) is 0 Å². The molecule has 98 valence electrons. The van der Waals surface area contributed by atoms with Gasteiger partial charge in [0, 0.05) is 18.8 Å². The molecule has 2 aromatic rings. The zero-order valence-corrected chi connectivity index (χ0v) is 11.0. The van der Waals surface area contributed by atoms with Crippen molar-refractivity contribution in [3.8, 4) is 5.88 Å². The van der Waals surface area contributed by atoms with Gasteiger partial charge >= 0.3 is 0 Å². The highest BCUT2D eigenvalue weighted by Crippen LogP contribution is 2.09. The molecule has 19 heavy (non-hydrogen) atoms. The summed E-state index contributed by atoms with van der Waals surface area (Å²) in [6.07, 6.45) is 1.62. The molecule has 1 amide bonds. The fourth-order valence-corrected chi connectivity index (χ4v) is 1.64. The molecule has 0 atom stereocenters. The molecule has 2 rings (SSSR count). The number of methoxy groups -OCH3 is 1. The predicted octanol–water partition coefficient (Wildman–Crippen LogP) is 2.07. The fraction of sp³-hybridized carbons (Fsp3) is 0.154. The summed E-state index contributed by atoms with van der Waals surface area (Å²) < 4.78 is 5.01. The first kappa shape index (κ1) is 13.3. The van der Waals surface area contributed by atoms with Crippen molar-refractivity contribution < 1.29 is 9.53 Å². The van der Waals surface area contributed by atoms with Crippen LogP contribution in [0.3, 0.4) is 0 Å². The van der Waals surface area contributed by atoms with Crippen molar-refractivity contribution in [3.63, 3.8) is 0 Å². The van der Waals surface area contributed by atoms with Crippen LogP contribution in [0.1, 0.15) is 16.1 Å². The van der Waals surface area contributed by atoms with Gasteiger partial charge in [-0.25, -0.2) is 9.97 Å². The van der Waals surface area contributed by atoms with Crippen molar-refractivity contribution in [1.29, 1.82) is 0 Å². The Morgan fingerprint density at radius 3 is 3.00 bits per heavy atom. The smallest absolute Gasteiger partial charge is 0.270 e. The van der Waals surface area contributed by atoms with Crippen LogP contribution in [-0.4, -0.2) is 23.0 Å². The number of amides is 1. The average molecular weight is 278 g/mol. The first-order valence-electron chi connectivity index (χ1n) is 5.58. The number of aromatic nitrogens is 2. The molecule has 0 aliphatic rings. The quantitative estimate of drug-likeness (QED) is 0.869. The van der Waals surface area contributed by atoms with Crippen molar-refractivity contribution in [2.45, 2.75) is 6.54 Å². The summed E-state index contributed by atoms with van der Waals surface area (Å²) in [5.41, 5.74) is 1.18. The Balaban J connectivity index is 2.00. The summed E-state index contributed by atoms with van der Waals surface area (Å²) in [6.45, 7) is 0.367. The van der Waals surface area contributed by atoms with E-state index in [0.717, 1.165) is 5.56 Å². The van der Waals surface area contributed by atoms with E-state index >= 15 is 0 Å². The molecule has 2 aromatic heterocycles. The maximum absolute atomic E-state index is 11.8. The molecule has 2 heterocycles. The Hall–Kier alpha value is -2.14. The second-order valence-electron chi connectivity index (χ2n) is 3.73. The van der Waals surface area contributed by atoms with Crippen molar-refractivity contribution >= 4 is 17.5 Å². The molecule has 0 aromatic carbocycles. The Morgan fingerprint density at radius 1 is 1.42 bits per heavy atom. The van der Waals surface area contributed by atoms with Crippen LogP contribution < -0.4 is 10.1 Å². The minimum absolute atomic E-state index is 0.279. The fourth-order valence-electron chi connectivity index (χ4n) is 1.48. The number of rotatable bonds is 4. The first-order valence-corrected chi connectivity index (χ1v) is 5.96. The van der Waals surface area contributed by atoms with Crippen LogP contribution in [0.2, 0.25) is 5.15 Å². The Bertz CT molecular complexity index is 590. The average Bonchev–Trinajstić information content (AvgIpc) is 2.45. The van der Waals surface area contributed by atoms with E-state index < -0.39 is 0 Å². The Morgan fingerprint density at radius 2 is 2.26 bits per heavy atom. The Labute approximate surface area is 115 Å². The third-order valence-corrected chi connectivity index (χ3v) is 2.62. The number of hydrogen-bond acceptors (Lipinski definition) is 4. The molecule has 6 heteroatoms. The van der Waals surface area contributed by atoms with Gasteiger partial charge in [0.15, 0.2) is 0 Å². The molecule has 0 aliphatic heterocycles. The number of carbonyl (C=O) groups excluding carboxylic acids is 1. The van der Waals surface area contributed by atoms with E-state index in [1.165, 1.54) is 0 Å². The van der Waals surface area contributed by atoms with Gasteiger partial charge in [-0.3, -0.25) is 4.79 Å². The van der Waals surface area contributed by atoms with Crippen molar-refractivity contribution in [1.82, 2.24) is 15.3 Å². The number of nitrogens with one attached hydrogen (secondary N) is 1. The topological polar surface area (TPSA) is 64.1 Å². The lowest BCUT2D eigenvalue weighted by Gasteiger charge is -2.06. The van der Waals surface area contributed by atoms with E-state index in [0.29, 0.717) is 17.6 Å². The minimum atomic E-state index is -0.279. The van der Waals surface area contributed by atoms with Gasteiger partial charge in [0.05, 0.1) is 7.11 Å². The molecule has 1 N–H and O–H groups in total. The maximum atomic E-state index is 11.8. The van der Waals surface area contributed by atoms with Gasteiger partial charge in [0.1, 0.15) is 10.8 Å². The molecule has 0 saturated carbocycles. The predicted molar refractivity (Wildman–Crippen MR) is 71.2 cm³/mol. The zero-order chi connectivity index (χ0) is 13.7. The maximum Gasteiger partial charge on any atom is 0.270 e. The SMILES string of the molecule is COc1cc(CNC(=O)c2cccc(Cl)n2)ccn1. The number of halogens is 1. The van der Waals surface area contributed by atoms with E-state index in [2.05, 4.69) is 15.3 Å². The molecule has 0 bridgehead atoms. The van der Waals surface area contributed by atoms with Crippen LogP contribution in [0.25, 0.3) is 0 Å². The Kier molecular flexibility index (Phi) is 4.30. The summed E-state index contributed by atoms with van der Waals surface area (Å²) in [5.74, 6) is 0.228. The molecular weight excluding hydrogens is 266 g/mol. The standard InChI is InChI=1S/C13H12ClN3O2/c1-19-12-7-9(5-6-15-12)8-16-13(18)10-3-2-4-11(14)17-10/h2-7H,8H2,1H3,(H,16,18). The molecule has 5 nitrogen and oxygen atoms in total. The number of nitrogens with zero attached hydrogens (tertiary/aromatic N) is 2. The van der Waals surface area contributed by atoms with Crippen LogP contribution in [0, 0.1) is 0 Å². The number of ether oxygens (including phenoxy) is 1. The van der Waals surface area contributed by atoms with Crippen LogP contribution in [-0.2, 0) is 6.54 Å². The first-order chi connectivity index (χ1) is 9.19. The molecule has 0 spiro atoms. The molecular formula is C13H12ClN3O2. The van der Waals surface area contributed by atoms with E-state index in [-0.39, 0.29) is 11.6 Å². The lowest BCUT2D eigenvalue weighted by atomic mass is 10.2. The summed E-state index contributed by atoms with van der Waals surface area (Å²) in [4.78, 5) is 19.8. The highest BCUT2D eigenvalue weighted by molar-refractivity contribution is 6.29. The van der Waals surface area contributed by atoms with Crippen LogP contribution in [0.5, 0.6) is 5.88 Å². The highest BCUT2D eigenvalue weighted by atomic mass is 35.5. The normalized spacial score (nSPS) is 10.0. The summed E-state index contributed by atoms with van der Waals surface area (Å²) in [5, 5.41) is 3.04. The minimum Gasteiger partial charge on any atom is -0.481 e. The number of carbonyl (C=O) groups is 1.